The normalized spacial score (nSPS) is 16.2. The minimum absolute atomic E-state index is 0.0577. The van der Waals surface area contributed by atoms with Gasteiger partial charge in [0.25, 0.3) is 10.0 Å². The van der Waals surface area contributed by atoms with Crippen LogP contribution >= 0.6 is 11.3 Å². The molecule has 2 rings (SSSR count). The van der Waals surface area contributed by atoms with Gasteiger partial charge in [-0.3, -0.25) is 0 Å². The molecule has 4 nitrogen and oxygen atoms in total. The summed E-state index contributed by atoms with van der Waals surface area (Å²) in [5, 5.41) is 8.90. The quantitative estimate of drug-likeness (QED) is 0.801. The maximum absolute atomic E-state index is 12.6. The highest BCUT2D eigenvalue weighted by Crippen LogP contribution is 2.34. The van der Waals surface area contributed by atoms with E-state index in [9.17, 15) is 8.42 Å². The van der Waals surface area contributed by atoms with Crippen LogP contribution in [0.1, 0.15) is 37.5 Å². The number of hydrogen-bond donors (Lipinski definition) is 1. The molecule has 1 heterocycles. The molecule has 0 aromatic carbocycles. The molecule has 19 heavy (non-hydrogen) atoms. The van der Waals surface area contributed by atoms with Crippen molar-refractivity contribution in [1.82, 2.24) is 4.31 Å². The molecular weight excluding hydrogens is 282 g/mol. The number of aliphatic hydroxyl groups excluding tert-OH is 1. The number of unbranched alkanes of at least 4 members (excludes halogenated alkanes) is 1. The Kier molecular flexibility index (Phi) is 5.00. The van der Waals surface area contributed by atoms with Gasteiger partial charge in [0.1, 0.15) is 4.21 Å². The first-order valence-corrected chi connectivity index (χ1v) is 9.06. The third kappa shape index (κ3) is 3.56. The third-order valence-corrected chi connectivity index (χ3v) is 6.81. The molecule has 1 N–H and O–H groups in total. The van der Waals surface area contributed by atoms with Crippen LogP contribution in [0.3, 0.4) is 0 Å². The van der Waals surface area contributed by atoms with Crippen molar-refractivity contribution in [3.8, 4) is 0 Å². The lowest BCUT2D eigenvalue weighted by Crippen LogP contribution is -2.33. The van der Waals surface area contributed by atoms with Crippen LogP contribution in [-0.2, 0) is 16.4 Å². The van der Waals surface area contributed by atoms with Crippen LogP contribution in [0.5, 0.6) is 0 Å². The summed E-state index contributed by atoms with van der Waals surface area (Å²) in [5.41, 5.74) is 0. The molecule has 0 amide bonds. The summed E-state index contributed by atoms with van der Waals surface area (Å²) in [6.07, 6.45) is 4.40. The summed E-state index contributed by atoms with van der Waals surface area (Å²) < 4.78 is 27.3. The Morgan fingerprint density at radius 1 is 1.42 bits per heavy atom. The van der Waals surface area contributed by atoms with Gasteiger partial charge in [0.05, 0.1) is 0 Å². The van der Waals surface area contributed by atoms with Crippen LogP contribution in [0.2, 0.25) is 0 Å². The first-order valence-electron chi connectivity index (χ1n) is 6.81. The minimum Gasteiger partial charge on any atom is -0.396 e. The second-order valence-electron chi connectivity index (χ2n) is 4.89. The summed E-state index contributed by atoms with van der Waals surface area (Å²) >= 11 is 1.28. The van der Waals surface area contributed by atoms with Gasteiger partial charge in [0.2, 0.25) is 0 Å². The monoisotopic (exact) mass is 303 g/mol. The Hall–Kier alpha value is -0.430. The highest BCUT2D eigenvalue weighted by Gasteiger charge is 2.38. The van der Waals surface area contributed by atoms with Crippen molar-refractivity contribution >= 4 is 21.4 Å². The average Bonchev–Trinajstić information content (AvgIpc) is 3.08. The van der Waals surface area contributed by atoms with E-state index in [0.29, 0.717) is 17.2 Å². The Morgan fingerprint density at radius 3 is 2.74 bits per heavy atom. The van der Waals surface area contributed by atoms with E-state index in [2.05, 4.69) is 6.92 Å². The number of hydrogen-bond acceptors (Lipinski definition) is 4. The molecule has 6 heteroatoms. The summed E-state index contributed by atoms with van der Waals surface area (Å²) in [5.74, 6) is 0. The van der Waals surface area contributed by atoms with E-state index in [1.165, 1.54) is 11.3 Å². The Bertz CT molecular complexity index is 506. The molecule has 1 saturated carbocycles. The molecule has 0 atom stereocenters. The van der Waals surface area contributed by atoms with Crippen molar-refractivity contribution in [3.05, 3.63) is 17.0 Å². The van der Waals surface area contributed by atoms with Gasteiger partial charge in [-0.2, -0.15) is 4.31 Å². The number of aliphatic hydroxyl groups is 1. The largest absolute Gasteiger partial charge is 0.396 e. The molecule has 0 bridgehead atoms. The predicted octanol–water partition coefficient (Wildman–Crippen LogP) is 2.24. The number of thiophene rings is 1. The van der Waals surface area contributed by atoms with Crippen molar-refractivity contribution in [3.63, 3.8) is 0 Å². The molecule has 0 unspecified atom stereocenters. The molecule has 1 aliphatic carbocycles. The second kappa shape index (κ2) is 6.35. The SMILES string of the molecule is CCCCN(C1CC1)S(=O)(=O)c1ccc(CCO)s1. The predicted molar refractivity (Wildman–Crippen MR) is 76.9 cm³/mol. The maximum Gasteiger partial charge on any atom is 0.252 e. The number of rotatable bonds is 8. The van der Waals surface area contributed by atoms with Crippen molar-refractivity contribution < 1.29 is 13.5 Å². The molecule has 0 radical (unpaired) electrons. The lowest BCUT2D eigenvalue weighted by molar-refractivity contribution is 0.300. The van der Waals surface area contributed by atoms with Crippen LogP contribution in [0.15, 0.2) is 16.3 Å². The molecule has 1 aliphatic rings. The second-order valence-corrected chi connectivity index (χ2v) is 8.18. The topological polar surface area (TPSA) is 57.6 Å². The van der Waals surface area contributed by atoms with Gasteiger partial charge in [-0.05, 0) is 31.4 Å². The molecule has 0 spiro atoms. The number of nitrogens with zero attached hydrogens (tertiary/aromatic N) is 1. The van der Waals surface area contributed by atoms with E-state index < -0.39 is 10.0 Å². The fourth-order valence-electron chi connectivity index (χ4n) is 2.03. The van der Waals surface area contributed by atoms with Crippen LogP contribution in [0.25, 0.3) is 0 Å². The molecule has 108 valence electrons. The van der Waals surface area contributed by atoms with E-state index >= 15 is 0 Å². The molecule has 0 saturated heterocycles. The summed E-state index contributed by atoms with van der Waals surface area (Å²) in [7, 11) is -3.34. The van der Waals surface area contributed by atoms with E-state index in [-0.39, 0.29) is 12.6 Å². The first-order chi connectivity index (χ1) is 9.09. The van der Waals surface area contributed by atoms with Gasteiger partial charge in [0.15, 0.2) is 0 Å². The maximum atomic E-state index is 12.6. The lowest BCUT2D eigenvalue weighted by atomic mass is 10.3. The molecule has 0 aliphatic heterocycles. The van der Waals surface area contributed by atoms with Crippen molar-refractivity contribution in [1.29, 1.82) is 0 Å². The molecule has 1 aromatic rings. The highest BCUT2D eigenvalue weighted by atomic mass is 32.2. The zero-order valence-corrected chi connectivity index (χ0v) is 12.8. The van der Waals surface area contributed by atoms with E-state index in [0.717, 1.165) is 30.6 Å². The molecular formula is C13H21NO3S2. The number of sulfonamides is 1. The summed E-state index contributed by atoms with van der Waals surface area (Å²) in [4.78, 5) is 0.923. The van der Waals surface area contributed by atoms with Gasteiger partial charge in [-0.15, -0.1) is 11.3 Å². The van der Waals surface area contributed by atoms with Crippen molar-refractivity contribution in [2.75, 3.05) is 13.2 Å². The first kappa shape index (κ1) is 15.0. The van der Waals surface area contributed by atoms with Gasteiger partial charge in [0, 0.05) is 30.5 Å². The average molecular weight is 303 g/mol. The molecule has 1 aromatic heterocycles. The van der Waals surface area contributed by atoms with Gasteiger partial charge in [-0.1, -0.05) is 13.3 Å². The minimum atomic E-state index is -3.34. The Morgan fingerprint density at radius 2 is 2.16 bits per heavy atom. The van der Waals surface area contributed by atoms with Gasteiger partial charge in [-0.25, -0.2) is 8.42 Å². The van der Waals surface area contributed by atoms with Gasteiger partial charge < -0.3 is 5.11 Å². The summed E-state index contributed by atoms with van der Waals surface area (Å²) in [6, 6.07) is 3.69. The fourth-order valence-corrected chi connectivity index (χ4v) is 5.23. The zero-order chi connectivity index (χ0) is 13.9. The van der Waals surface area contributed by atoms with E-state index in [4.69, 9.17) is 5.11 Å². The standard InChI is InChI=1S/C13H21NO3S2/c1-2-3-9-14(11-4-5-11)19(16,17)13-7-6-12(18-13)8-10-15/h6-7,11,15H,2-5,8-10H2,1H3. The Balaban J connectivity index is 2.17. The van der Waals surface area contributed by atoms with Crippen LogP contribution in [-0.4, -0.2) is 37.0 Å². The van der Waals surface area contributed by atoms with Crippen LogP contribution in [0, 0.1) is 0 Å². The zero-order valence-electron chi connectivity index (χ0n) is 11.2. The van der Waals surface area contributed by atoms with Crippen molar-refractivity contribution in [2.24, 2.45) is 0 Å². The van der Waals surface area contributed by atoms with E-state index in [1.807, 2.05) is 0 Å². The third-order valence-electron chi connectivity index (χ3n) is 3.24. The molecule has 1 fully saturated rings. The highest BCUT2D eigenvalue weighted by molar-refractivity contribution is 7.91. The summed E-state index contributed by atoms with van der Waals surface area (Å²) in [6.45, 7) is 2.75. The lowest BCUT2D eigenvalue weighted by Gasteiger charge is -2.20. The van der Waals surface area contributed by atoms with Crippen LogP contribution < -0.4 is 0 Å². The van der Waals surface area contributed by atoms with Crippen molar-refractivity contribution in [2.45, 2.75) is 49.3 Å². The van der Waals surface area contributed by atoms with E-state index in [1.54, 1.807) is 16.4 Å². The van der Waals surface area contributed by atoms with Gasteiger partial charge >= 0.3 is 0 Å². The Labute approximate surface area is 119 Å². The smallest absolute Gasteiger partial charge is 0.252 e. The fraction of sp³-hybridized carbons (Fsp3) is 0.692. The van der Waals surface area contributed by atoms with Crippen LogP contribution in [0.4, 0.5) is 0 Å².